The van der Waals surface area contributed by atoms with Gasteiger partial charge in [-0.05, 0) is 31.9 Å². The van der Waals surface area contributed by atoms with Gasteiger partial charge in [0.1, 0.15) is 0 Å². The summed E-state index contributed by atoms with van der Waals surface area (Å²) in [5.74, 6) is 0. The molecule has 1 aromatic carbocycles. The van der Waals surface area contributed by atoms with Crippen molar-refractivity contribution in [3.8, 4) is 0 Å². The van der Waals surface area contributed by atoms with Crippen molar-refractivity contribution in [1.82, 2.24) is 0 Å². The van der Waals surface area contributed by atoms with Crippen molar-refractivity contribution in [1.29, 1.82) is 0 Å². The molecule has 0 aliphatic rings. The lowest BCUT2D eigenvalue weighted by Crippen LogP contribution is -1.91. The van der Waals surface area contributed by atoms with E-state index in [1.807, 2.05) is 0 Å². The molecule has 0 unspecified atom stereocenters. The van der Waals surface area contributed by atoms with E-state index >= 15 is 0 Å². The molecule has 13 heavy (non-hydrogen) atoms. The molecule has 1 aromatic rings. The van der Waals surface area contributed by atoms with Crippen LogP contribution in [0.1, 0.15) is 0 Å². The Bertz CT molecular complexity index is 335. The quantitative estimate of drug-likeness (QED) is 0.511. The van der Waals surface area contributed by atoms with Crippen LogP contribution in [0.25, 0.3) is 0 Å². The number of hydrogen-bond donors (Lipinski definition) is 1. The maximum atomic E-state index is 10.4. The van der Waals surface area contributed by atoms with Crippen LogP contribution in [0.5, 0.6) is 0 Å². The van der Waals surface area contributed by atoms with E-state index in [0.29, 0.717) is 14.6 Å². The summed E-state index contributed by atoms with van der Waals surface area (Å²) in [5.41, 5.74) is 0.557. The van der Waals surface area contributed by atoms with E-state index < -0.39 is 4.92 Å². The lowest BCUT2D eigenvalue weighted by Gasteiger charge is -2.03. The molecule has 1 rings (SSSR count). The van der Waals surface area contributed by atoms with E-state index in [1.54, 1.807) is 0 Å². The summed E-state index contributed by atoms with van der Waals surface area (Å²) in [6.07, 6.45) is 0. The summed E-state index contributed by atoms with van der Waals surface area (Å²) < 4.78 is 1.06. The highest BCUT2D eigenvalue weighted by atomic mass is 79.9. The largest absolute Gasteiger partial charge is 0.296 e. The van der Waals surface area contributed by atoms with Crippen LogP contribution in [0, 0.1) is 10.1 Å². The molecule has 0 atom stereocenters. The fourth-order valence-corrected chi connectivity index (χ4v) is 2.55. The molecular formula is C6H3Br2ClN2O2. The molecule has 0 aromatic heterocycles. The van der Waals surface area contributed by atoms with E-state index in [1.165, 1.54) is 12.1 Å². The zero-order chi connectivity index (χ0) is 10.0. The Kier molecular flexibility index (Phi) is 3.52. The van der Waals surface area contributed by atoms with Crippen LogP contribution >= 0.6 is 43.6 Å². The summed E-state index contributed by atoms with van der Waals surface area (Å²) in [7, 11) is 0. The highest BCUT2D eigenvalue weighted by molar-refractivity contribution is 9.11. The molecule has 0 amide bonds. The number of benzene rings is 1. The van der Waals surface area contributed by atoms with Gasteiger partial charge < -0.3 is 0 Å². The SMILES string of the molecule is O=[N+]([O-])c1cc(Br)c(NCl)c(Br)c1. The number of non-ortho nitro benzene ring substituents is 1. The third kappa shape index (κ3) is 2.32. The average molecular weight is 330 g/mol. The maximum Gasteiger partial charge on any atom is 0.271 e. The van der Waals surface area contributed by atoms with Gasteiger partial charge >= 0.3 is 0 Å². The number of hydrogen-bond acceptors (Lipinski definition) is 3. The van der Waals surface area contributed by atoms with Crippen LogP contribution in [0.4, 0.5) is 11.4 Å². The minimum Gasteiger partial charge on any atom is -0.296 e. The number of nitrogens with zero attached hydrogens (tertiary/aromatic N) is 1. The molecule has 70 valence electrons. The lowest BCUT2D eigenvalue weighted by atomic mass is 10.3. The molecule has 0 heterocycles. The highest BCUT2D eigenvalue weighted by Gasteiger charge is 2.12. The number of anilines is 1. The molecule has 7 heteroatoms. The van der Waals surface area contributed by atoms with Crippen LogP contribution in [-0.4, -0.2) is 4.92 Å². The summed E-state index contributed by atoms with van der Waals surface area (Å²) in [6, 6.07) is 2.74. The predicted octanol–water partition coefficient (Wildman–Crippen LogP) is 3.69. The Morgan fingerprint density at radius 3 is 2.15 bits per heavy atom. The van der Waals surface area contributed by atoms with Crippen molar-refractivity contribution in [2.24, 2.45) is 0 Å². The Labute approximate surface area is 95.8 Å². The first kappa shape index (κ1) is 10.7. The smallest absolute Gasteiger partial charge is 0.271 e. The molecule has 0 fully saturated rings. The Hall–Kier alpha value is -0.330. The average Bonchev–Trinajstić information content (AvgIpc) is 2.03. The van der Waals surface area contributed by atoms with Gasteiger partial charge in [0.25, 0.3) is 5.69 Å². The number of nitro groups is 1. The van der Waals surface area contributed by atoms with Gasteiger partial charge in [-0.25, -0.2) is 0 Å². The van der Waals surface area contributed by atoms with E-state index in [0.717, 1.165) is 0 Å². The second kappa shape index (κ2) is 4.26. The third-order valence-corrected chi connectivity index (χ3v) is 2.77. The van der Waals surface area contributed by atoms with Crippen molar-refractivity contribution < 1.29 is 4.92 Å². The van der Waals surface area contributed by atoms with Gasteiger partial charge in [-0.2, -0.15) is 0 Å². The molecule has 0 radical (unpaired) electrons. The van der Waals surface area contributed by atoms with Crippen LogP contribution < -0.4 is 4.84 Å². The van der Waals surface area contributed by atoms with E-state index in [-0.39, 0.29) is 5.69 Å². The van der Waals surface area contributed by atoms with Crippen LogP contribution in [-0.2, 0) is 0 Å². The summed E-state index contributed by atoms with van der Waals surface area (Å²) in [5, 5.41) is 10.4. The Morgan fingerprint density at radius 1 is 1.38 bits per heavy atom. The second-order valence-corrected chi connectivity index (χ2v) is 4.03. The molecule has 0 bridgehead atoms. The molecule has 0 aliphatic carbocycles. The van der Waals surface area contributed by atoms with Crippen molar-refractivity contribution >= 4 is 55.0 Å². The number of nitrogens with one attached hydrogen (secondary N) is 1. The first-order chi connectivity index (χ1) is 6.06. The molecule has 0 spiro atoms. The van der Waals surface area contributed by atoms with Gasteiger partial charge in [-0.1, -0.05) is 0 Å². The van der Waals surface area contributed by atoms with E-state index in [4.69, 9.17) is 11.8 Å². The molecule has 0 aliphatic heterocycles. The van der Waals surface area contributed by atoms with Gasteiger partial charge in [-0.15, -0.1) is 0 Å². The highest BCUT2D eigenvalue weighted by Crippen LogP contribution is 2.35. The second-order valence-electron chi connectivity index (χ2n) is 2.14. The van der Waals surface area contributed by atoms with Gasteiger partial charge in [-0.3, -0.25) is 15.0 Å². The van der Waals surface area contributed by atoms with Gasteiger partial charge in [0.15, 0.2) is 0 Å². The predicted molar refractivity (Wildman–Crippen MR) is 58.0 cm³/mol. The number of halogens is 3. The summed E-state index contributed by atoms with van der Waals surface area (Å²) in [4.78, 5) is 12.3. The van der Waals surface area contributed by atoms with Crippen LogP contribution in [0.2, 0.25) is 0 Å². The fraction of sp³-hybridized carbons (Fsp3) is 0. The molecule has 4 nitrogen and oxygen atoms in total. The third-order valence-electron chi connectivity index (χ3n) is 1.33. The van der Waals surface area contributed by atoms with Crippen molar-refractivity contribution in [2.45, 2.75) is 0 Å². The molecule has 1 N–H and O–H groups in total. The van der Waals surface area contributed by atoms with Crippen LogP contribution in [0.3, 0.4) is 0 Å². The lowest BCUT2D eigenvalue weighted by molar-refractivity contribution is -0.385. The maximum absolute atomic E-state index is 10.4. The number of nitro benzene ring substituents is 1. The first-order valence-electron chi connectivity index (χ1n) is 3.06. The molecule has 0 saturated heterocycles. The molecular weight excluding hydrogens is 327 g/mol. The topological polar surface area (TPSA) is 55.2 Å². The minimum atomic E-state index is -0.479. The fourth-order valence-electron chi connectivity index (χ4n) is 0.755. The van der Waals surface area contributed by atoms with Crippen molar-refractivity contribution in [3.05, 3.63) is 31.2 Å². The summed E-state index contributed by atoms with van der Waals surface area (Å²) >= 11 is 11.7. The van der Waals surface area contributed by atoms with Gasteiger partial charge in [0.2, 0.25) is 0 Å². The zero-order valence-electron chi connectivity index (χ0n) is 6.05. The monoisotopic (exact) mass is 328 g/mol. The van der Waals surface area contributed by atoms with Gasteiger partial charge in [0, 0.05) is 32.9 Å². The minimum absolute atomic E-state index is 0.00517. The zero-order valence-corrected chi connectivity index (χ0v) is 9.98. The standard InChI is InChI=1S/C6H3Br2ClN2O2/c7-4-1-3(11(12)13)2-5(8)6(4)10-9/h1-2,10H. The Balaban J connectivity index is 3.28. The van der Waals surface area contributed by atoms with Gasteiger partial charge in [0.05, 0.1) is 10.6 Å². The summed E-state index contributed by atoms with van der Waals surface area (Å²) in [6.45, 7) is 0. The van der Waals surface area contributed by atoms with Crippen molar-refractivity contribution in [3.63, 3.8) is 0 Å². The Morgan fingerprint density at radius 2 is 1.85 bits per heavy atom. The van der Waals surface area contributed by atoms with Crippen molar-refractivity contribution in [2.75, 3.05) is 4.84 Å². The number of rotatable bonds is 2. The first-order valence-corrected chi connectivity index (χ1v) is 5.02. The van der Waals surface area contributed by atoms with E-state index in [2.05, 4.69) is 36.7 Å². The van der Waals surface area contributed by atoms with E-state index in [9.17, 15) is 10.1 Å². The normalized spacial score (nSPS) is 9.77. The molecule has 0 saturated carbocycles. The van der Waals surface area contributed by atoms with Crippen LogP contribution in [0.15, 0.2) is 21.1 Å².